The molecule has 0 aromatic heterocycles. The summed E-state index contributed by atoms with van der Waals surface area (Å²) < 4.78 is 32.3. The second kappa shape index (κ2) is 10.8. The lowest BCUT2D eigenvalue weighted by molar-refractivity contribution is -0.139. The Kier molecular flexibility index (Phi) is 7.61. The number of nitrogens with zero attached hydrogens (tertiary/aromatic N) is 3. The van der Waals surface area contributed by atoms with E-state index in [0.717, 1.165) is 56.8 Å². The highest BCUT2D eigenvalue weighted by molar-refractivity contribution is 7.89. The maximum atomic E-state index is 13.5. The van der Waals surface area contributed by atoms with E-state index < -0.39 is 10.0 Å². The number of carbonyl (C=O) groups excluding carboxylic acids is 1. The van der Waals surface area contributed by atoms with Crippen LogP contribution in [-0.2, 0) is 21.4 Å². The van der Waals surface area contributed by atoms with Gasteiger partial charge in [-0.15, -0.1) is 0 Å². The summed E-state index contributed by atoms with van der Waals surface area (Å²) >= 11 is 0. The van der Waals surface area contributed by atoms with Crippen LogP contribution in [0.3, 0.4) is 0 Å². The fraction of sp³-hybridized carbons (Fsp3) is 0.552. The third kappa shape index (κ3) is 5.42. The zero-order chi connectivity index (χ0) is 26.0. The zero-order valence-corrected chi connectivity index (χ0v) is 22.8. The standard InChI is InChI=1S/C29H39N3O4S/c1-3-37(34,35)32-21-25(27(22-32)24-7-5-4-6-8-24)20-30-16-13-29(14-17-30)15-18-31(28(29)33)19-23-9-11-26(36-2)12-10-23/h4-12,25,27H,3,13-22H2,1-2H3/t25-,27+/m0/s1. The van der Waals surface area contributed by atoms with Gasteiger partial charge in [-0.2, -0.15) is 0 Å². The number of hydrogen-bond donors (Lipinski definition) is 0. The van der Waals surface area contributed by atoms with Gasteiger partial charge >= 0.3 is 0 Å². The number of methoxy groups -OCH3 is 1. The fourth-order valence-corrected chi connectivity index (χ4v) is 7.63. The van der Waals surface area contributed by atoms with Crippen molar-refractivity contribution in [2.45, 2.75) is 38.6 Å². The maximum Gasteiger partial charge on any atom is 0.229 e. The Morgan fingerprint density at radius 1 is 0.946 bits per heavy atom. The fourth-order valence-electron chi connectivity index (χ4n) is 6.46. The van der Waals surface area contributed by atoms with Gasteiger partial charge in [0.25, 0.3) is 0 Å². The van der Waals surface area contributed by atoms with E-state index in [4.69, 9.17) is 4.74 Å². The van der Waals surface area contributed by atoms with Crippen molar-refractivity contribution in [2.24, 2.45) is 11.3 Å². The predicted molar refractivity (Wildman–Crippen MR) is 145 cm³/mol. The molecule has 1 spiro atoms. The third-order valence-electron chi connectivity index (χ3n) is 8.83. The van der Waals surface area contributed by atoms with Crippen LogP contribution in [0.2, 0.25) is 0 Å². The van der Waals surface area contributed by atoms with Gasteiger partial charge in [-0.05, 0) is 68.5 Å². The van der Waals surface area contributed by atoms with Crippen molar-refractivity contribution >= 4 is 15.9 Å². The zero-order valence-electron chi connectivity index (χ0n) is 22.0. The van der Waals surface area contributed by atoms with Gasteiger partial charge < -0.3 is 14.5 Å². The molecule has 0 radical (unpaired) electrons. The minimum atomic E-state index is -3.22. The molecule has 0 unspecified atom stereocenters. The Morgan fingerprint density at radius 2 is 1.62 bits per heavy atom. The molecule has 3 aliphatic heterocycles. The van der Waals surface area contributed by atoms with Gasteiger partial charge in [0.1, 0.15) is 5.75 Å². The van der Waals surface area contributed by atoms with Crippen molar-refractivity contribution in [3.8, 4) is 5.75 Å². The van der Waals surface area contributed by atoms with E-state index in [2.05, 4.69) is 17.0 Å². The van der Waals surface area contributed by atoms with Gasteiger partial charge in [-0.3, -0.25) is 4.79 Å². The van der Waals surface area contributed by atoms with Crippen LogP contribution in [0.25, 0.3) is 0 Å². The first-order chi connectivity index (χ1) is 17.8. The molecule has 7 nitrogen and oxygen atoms in total. The molecule has 2 atom stereocenters. The van der Waals surface area contributed by atoms with Crippen LogP contribution in [0, 0.1) is 11.3 Å². The topological polar surface area (TPSA) is 70.2 Å². The third-order valence-corrected chi connectivity index (χ3v) is 10.6. The molecule has 0 saturated carbocycles. The van der Waals surface area contributed by atoms with E-state index >= 15 is 0 Å². The minimum absolute atomic E-state index is 0.141. The number of ether oxygens (including phenoxy) is 1. The van der Waals surface area contributed by atoms with Crippen molar-refractivity contribution in [1.82, 2.24) is 14.1 Å². The maximum absolute atomic E-state index is 13.5. The van der Waals surface area contributed by atoms with Crippen LogP contribution >= 0.6 is 0 Å². The Labute approximate surface area is 221 Å². The predicted octanol–water partition coefficient (Wildman–Crippen LogP) is 3.58. The first-order valence-corrected chi connectivity index (χ1v) is 15.1. The van der Waals surface area contributed by atoms with E-state index in [9.17, 15) is 13.2 Å². The summed E-state index contributed by atoms with van der Waals surface area (Å²) in [5.41, 5.74) is 2.10. The van der Waals surface area contributed by atoms with Gasteiger partial charge in [0.15, 0.2) is 0 Å². The molecule has 0 N–H and O–H groups in total. The number of sulfonamides is 1. The van der Waals surface area contributed by atoms with Crippen LogP contribution in [0.4, 0.5) is 0 Å². The SMILES string of the molecule is CCS(=O)(=O)N1C[C@H](CN2CCC3(CC2)CCN(Cc2ccc(OC)cc2)C3=O)[C@@H](c2ccccc2)C1. The highest BCUT2D eigenvalue weighted by Crippen LogP contribution is 2.43. The molecule has 0 aliphatic carbocycles. The minimum Gasteiger partial charge on any atom is -0.497 e. The summed E-state index contributed by atoms with van der Waals surface area (Å²) in [5.74, 6) is 1.72. The quantitative estimate of drug-likeness (QED) is 0.527. The van der Waals surface area contributed by atoms with Crippen molar-refractivity contribution in [3.63, 3.8) is 0 Å². The van der Waals surface area contributed by atoms with Crippen molar-refractivity contribution < 1.29 is 17.9 Å². The second-order valence-electron chi connectivity index (χ2n) is 10.9. The molecule has 3 fully saturated rings. The molecule has 3 heterocycles. The molecule has 2 aromatic carbocycles. The van der Waals surface area contributed by atoms with E-state index in [0.29, 0.717) is 25.5 Å². The van der Waals surface area contributed by atoms with Crippen LogP contribution in [-0.4, -0.2) is 80.6 Å². The van der Waals surface area contributed by atoms with Gasteiger partial charge in [0.05, 0.1) is 18.3 Å². The Balaban J connectivity index is 1.21. The Bertz CT molecular complexity index is 1180. The molecule has 3 aliphatic rings. The molecule has 3 saturated heterocycles. The molecule has 37 heavy (non-hydrogen) atoms. The molecule has 1 amide bonds. The summed E-state index contributed by atoms with van der Waals surface area (Å²) in [6.45, 7) is 6.97. The number of likely N-dealkylation sites (tertiary alicyclic amines) is 2. The summed E-state index contributed by atoms with van der Waals surface area (Å²) in [4.78, 5) is 18.0. The van der Waals surface area contributed by atoms with Gasteiger partial charge in [0.2, 0.25) is 15.9 Å². The van der Waals surface area contributed by atoms with Crippen molar-refractivity contribution in [3.05, 3.63) is 65.7 Å². The number of rotatable bonds is 8. The Morgan fingerprint density at radius 3 is 2.27 bits per heavy atom. The second-order valence-corrected chi connectivity index (χ2v) is 13.2. The van der Waals surface area contributed by atoms with E-state index in [1.54, 1.807) is 18.3 Å². The molecule has 200 valence electrons. The summed E-state index contributed by atoms with van der Waals surface area (Å²) in [7, 11) is -1.56. The normalized spacial score (nSPS) is 24.7. The van der Waals surface area contributed by atoms with Crippen LogP contribution in [0.1, 0.15) is 43.2 Å². The molecule has 0 bridgehead atoms. The van der Waals surface area contributed by atoms with Crippen LogP contribution in [0.15, 0.2) is 54.6 Å². The van der Waals surface area contributed by atoms with E-state index in [-0.39, 0.29) is 23.0 Å². The molecule has 8 heteroatoms. The van der Waals surface area contributed by atoms with E-state index in [1.807, 2.05) is 47.4 Å². The smallest absolute Gasteiger partial charge is 0.229 e. The lowest BCUT2D eigenvalue weighted by Gasteiger charge is -2.39. The average molecular weight is 526 g/mol. The molecular formula is C29H39N3O4S. The summed E-state index contributed by atoms with van der Waals surface area (Å²) in [5, 5.41) is 0. The Hall–Kier alpha value is -2.42. The van der Waals surface area contributed by atoms with Gasteiger partial charge in [-0.1, -0.05) is 42.5 Å². The molecule has 5 rings (SSSR count). The number of piperidine rings is 1. The lowest BCUT2D eigenvalue weighted by atomic mass is 9.76. The van der Waals surface area contributed by atoms with Crippen LogP contribution in [0.5, 0.6) is 5.75 Å². The van der Waals surface area contributed by atoms with E-state index in [1.165, 1.54) is 5.56 Å². The highest BCUT2D eigenvalue weighted by Gasteiger charge is 2.48. The van der Waals surface area contributed by atoms with Crippen LogP contribution < -0.4 is 4.74 Å². The lowest BCUT2D eigenvalue weighted by Crippen LogP contribution is -2.46. The van der Waals surface area contributed by atoms with Crippen molar-refractivity contribution in [1.29, 1.82) is 0 Å². The molecular weight excluding hydrogens is 486 g/mol. The summed E-state index contributed by atoms with van der Waals surface area (Å²) in [6, 6.07) is 18.3. The first-order valence-electron chi connectivity index (χ1n) is 13.5. The monoisotopic (exact) mass is 525 g/mol. The largest absolute Gasteiger partial charge is 0.497 e. The number of hydrogen-bond acceptors (Lipinski definition) is 5. The highest BCUT2D eigenvalue weighted by atomic mass is 32.2. The molecule has 2 aromatic rings. The van der Waals surface area contributed by atoms with Gasteiger partial charge in [0, 0.05) is 38.6 Å². The number of carbonyl (C=O) groups is 1. The summed E-state index contributed by atoms with van der Waals surface area (Å²) in [6.07, 6.45) is 2.68. The number of amides is 1. The van der Waals surface area contributed by atoms with Crippen molar-refractivity contribution in [2.75, 3.05) is 52.1 Å². The first kappa shape index (κ1) is 26.2. The average Bonchev–Trinajstić information content (AvgIpc) is 3.49. The number of benzene rings is 2. The van der Waals surface area contributed by atoms with Gasteiger partial charge in [-0.25, -0.2) is 12.7 Å².